The van der Waals surface area contributed by atoms with Gasteiger partial charge in [-0.3, -0.25) is 0 Å². The SMILES string of the molecule is CC(C)(C)OC(=O)NCc1cccc(Br)c1O. The fourth-order valence-corrected chi connectivity index (χ4v) is 1.59. The molecule has 0 aliphatic rings. The van der Waals surface area contributed by atoms with E-state index in [1.807, 2.05) is 0 Å². The Bertz CT molecular complexity index is 413. The molecule has 5 heteroatoms. The van der Waals surface area contributed by atoms with E-state index in [4.69, 9.17) is 4.74 Å². The van der Waals surface area contributed by atoms with E-state index in [2.05, 4.69) is 21.2 Å². The second-order valence-corrected chi connectivity index (χ2v) is 5.46. The summed E-state index contributed by atoms with van der Waals surface area (Å²) in [5.41, 5.74) is 0.105. The molecule has 0 heterocycles. The summed E-state index contributed by atoms with van der Waals surface area (Å²) >= 11 is 3.21. The number of rotatable bonds is 2. The summed E-state index contributed by atoms with van der Waals surface area (Å²) in [5.74, 6) is 0.128. The quantitative estimate of drug-likeness (QED) is 0.882. The Morgan fingerprint density at radius 2 is 2.12 bits per heavy atom. The van der Waals surface area contributed by atoms with Crippen LogP contribution >= 0.6 is 15.9 Å². The summed E-state index contributed by atoms with van der Waals surface area (Å²) in [6.45, 7) is 5.61. The number of hydrogen-bond acceptors (Lipinski definition) is 3. The molecule has 0 atom stereocenters. The molecule has 4 nitrogen and oxygen atoms in total. The monoisotopic (exact) mass is 301 g/mol. The van der Waals surface area contributed by atoms with Crippen molar-refractivity contribution in [3.8, 4) is 5.75 Å². The molecule has 0 aliphatic heterocycles. The molecule has 0 saturated carbocycles. The largest absolute Gasteiger partial charge is 0.506 e. The lowest BCUT2D eigenvalue weighted by atomic mass is 10.2. The second-order valence-electron chi connectivity index (χ2n) is 4.60. The summed E-state index contributed by atoms with van der Waals surface area (Å²) in [7, 11) is 0. The van der Waals surface area contributed by atoms with Crippen LogP contribution in [0.2, 0.25) is 0 Å². The van der Waals surface area contributed by atoms with E-state index in [0.717, 1.165) is 0 Å². The first-order valence-corrected chi connectivity index (χ1v) is 6.02. The number of carbonyl (C=O) groups excluding carboxylic acids is 1. The minimum atomic E-state index is -0.524. The maximum atomic E-state index is 11.4. The van der Waals surface area contributed by atoms with Gasteiger partial charge >= 0.3 is 6.09 Å². The Kier molecular flexibility index (Phi) is 4.40. The fraction of sp³-hybridized carbons (Fsp3) is 0.417. The Hall–Kier alpha value is -1.23. The summed E-state index contributed by atoms with van der Waals surface area (Å²) in [5, 5.41) is 12.3. The van der Waals surface area contributed by atoms with Crippen LogP contribution < -0.4 is 5.32 Å². The molecule has 0 radical (unpaired) electrons. The zero-order valence-corrected chi connectivity index (χ0v) is 11.7. The lowest BCUT2D eigenvalue weighted by Crippen LogP contribution is -2.32. The van der Waals surface area contributed by atoms with Gasteiger partial charge in [-0.05, 0) is 42.8 Å². The summed E-state index contributed by atoms with van der Waals surface area (Å²) in [6.07, 6.45) is -0.503. The molecule has 1 amide bonds. The number of amides is 1. The predicted octanol–water partition coefficient (Wildman–Crippen LogP) is 3.18. The Morgan fingerprint density at radius 3 is 2.71 bits per heavy atom. The highest BCUT2D eigenvalue weighted by atomic mass is 79.9. The Labute approximate surface area is 109 Å². The highest BCUT2D eigenvalue weighted by Crippen LogP contribution is 2.27. The van der Waals surface area contributed by atoms with Crippen molar-refractivity contribution < 1.29 is 14.6 Å². The van der Waals surface area contributed by atoms with Crippen LogP contribution in [0.5, 0.6) is 5.75 Å². The normalized spacial score (nSPS) is 11.1. The Morgan fingerprint density at radius 1 is 1.47 bits per heavy atom. The maximum absolute atomic E-state index is 11.4. The number of phenols is 1. The summed E-state index contributed by atoms with van der Waals surface area (Å²) < 4.78 is 5.68. The van der Waals surface area contributed by atoms with Gasteiger partial charge in [0.1, 0.15) is 11.4 Å². The van der Waals surface area contributed by atoms with Crippen molar-refractivity contribution in [2.75, 3.05) is 0 Å². The average Bonchev–Trinajstić information content (AvgIpc) is 2.18. The van der Waals surface area contributed by atoms with Crippen molar-refractivity contribution in [3.63, 3.8) is 0 Å². The first-order chi connectivity index (χ1) is 7.79. The van der Waals surface area contributed by atoms with Crippen LogP contribution in [0.1, 0.15) is 26.3 Å². The summed E-state index contributed by atoms with van der Waals surface area (Å²) in [6, 6.07) is 5.25. The molecule has 1 aromatic rings. The summed E-state index contributed by atoms with van der Waals surface area (Å²) in [4.78, 5) is 11.4. The van der Waals surface area contributed by atoms with Gasteiger partial charge < -0.3 is 15.2 Å². The topological polar surface area (TPSA) is 58.6 Å². The molecule has 0 fully saturated rings. The number of alkyl carbamates (subject to hydrolysis) is 1. The van der Waals surface area contributed by atoms with E-state index in [1.54, 1.807) is 39.0 Å². The van der Waals surface area contributed by atoms with E-state index >= 15 is 0 Å². The van der Waals surface area contributed by atoms with Crippen molar-refractivity contribution in [1.29, 1.82) is 0 Å². The van der Waals surface area contributed by atoms with Gasteiger partial charge in [-0.15, -0.1) is 0 Å². The number of carbonyl (C=O) groups is 1. The van der Waals surface area contributed by atoms with Crippen LogP contribution in [0, 0.1) is 0 Å². The first kappa shape index (κ1) is 13.8. The third kappa shape index (κ3) is 4.65. The zero-order valence-electron chi connectivity index (χ0n) is 10.1. The van der Waals surface area contributed by atoms with Crippen molar-refractivity contribution >= 4 is 22.0 Å². The van der Waals surface area contributed by atoms with Crippen molar-refractivity contribution in [1.82, 2.24) is 5.32 Å². The molecule has 0 bridgehead atoms. The van der Waals surface area contributed by atoms with Gasteiger partial charge in [0.05, 0.1) is 4.47 Å². The highest BCUT2D eigenvalue weighted by molar-refractivity contribution is 9.10. The van der Waals surface area contributed by atoms with Crippen LogP contribution in [-0.4, -0.2) is 16.8 Å². The van der Waals surface area contributed by atoms with E-state index in [9.17, 15) is 9.90 Å². The lowest BCUT2D eigenvalue weighted by Gasteiger charge is -2.19. The number of benzene rings is 1. The van der Waals surface area contributed by atoms with Gasteiger partial charge in [-0.2, -0.15) is 0 Å². The number of ether oxygens (including phenoxy) is 1. The standard InChI is InChI=1S/C12H16BrNO3/c1-12(2,3)17-11(16)14-7-8-5-4-6-9(13)10(8)15/h4-6,15H,7H2,1-3H3,(H,14,16). The lowest BCUT2D eigenvalue weighted by molar-refractivity contribution is 0.0523. The number of hydrogen-bond donors (Lipinski definition) is 2. The average molecular weight is 302 g/mol. The minimum Gasteiger partial charge on any atom is -0.506 e. The van der Waals surface area contributed by atoms with E-state index in [0.29, 0.717) is 10.0 Å². The Balaban J connectivity index is 2.56. The molecule has 1 aromatic carbocycles. The predicted molar refractivity (Wildman–Crippen MR) is 68.9 cm³/mol. The number of nitrogens with one attached hydrogen (secondary N) is 1. The van der Waals surface area contributed by atoms with Crippen LogP contribution in [-0.2, 0) is 11.3 Å². The van der Waals surface area contributed by atoms with Crippen molar-refractivity contribution in [3.05, 3.63) is 28.2 Å². The third-order valence-electron chi connectivity index (χ3n) is 1.89. The molecule has 17 heavy (non-hydrogen) atoms. The van der Waals surface area contributed by atoms with Gasteiger partial charge in [-0.25, -0.2) is 4.79 Å². The van der Waals surface area contributed by atoms with Crippen LogP contribution in [0.4, 0.5) is 4.79 Å². The molecule has 0 saturated heterocycles. The number of halogens is 1. The molecule has 94 valence electrons. The molecule has 1 rings (SSSR count). The van der Waals surface area contributed by atoms with Gasteiger partial charge in [0.15, 0.2) is 0 Å². The molecular weight excluding hydrogens is 286 g/mol. The molecule has 0 unspecified atom stereocenters. The van der Waals surface area contributed by atoms with Crippen LogP contribution in [0.25, 0.3) is 0 Å². The van der Waals surface area contributed by atoms with E-state index in [1.165, 1.54) is 0 Å². The molecule has 2 N–H and O–H groups in total. The molecule has 0 aromatic heterocycles. The zero-order chi connectivity index (χ0) is 13.1. The van der Waals surface area contributed by atoms with Crippen molar-refractivity contribution in [2.24, 2.45) is 0 Å². The third-order valence-corrected chi connectivity index (χ3v) is 2.53. The number of para-hydroxylation sites is 1. The van der Waals surface area contributed by atoms with Gasteiger partial charge in [-0.1, -0.05) is 12.1 Å². The molecule has 0 spiro atoms. The number of aromatic hydroxyl groups is 1. The fourth-order valence-electron chi connectivity index (χ4n) is 1.18. The van der Waals surface area contributed by atoms with E-state index in [-0.39, 0.29) is 12.3 Å². The maximum Gasteiger partial charge on any atom is 0.407 e. The van der Waals surface area contributed by atoms with Gasteiger partial charge in [0, 0.05) is 12.1 Å². The van der Waals surface area contributed by atoms with Gasteiger partial charge in [0.25, 0.3) is 0 Å². The second kappa shape index (κ2) is 5.40. The van der Waals surface area contributed by atoms with E-state index < -0.39 is 11.7 Å². The van der Waals surface area contributed by atoms with Crippen LogP contribution in [0.3, 0.4) is 0 Å². The molecular formula is C12H16BrNO3. The minimum absolute atomic E-state index is 0.128. The van der Waals surface area contributed by atoms with Crippen LogP contribution in [0.15, 0.2) is 22.7 Å². The van der Waals surface area contributed by atoms with Gasteiger partial charge in [0.2, 0.25) is 0 Å². The number of phenolic OH excluding ortho intramolecular Hbond substituents is 1. The van der Waals surface area contributed by atoms with Crippen molar-refractivity contribution in [2.45, 2.75) is 32.9 Å². The smallest absolute Gasteiger partial charge is 0.407 e. The highest BCUT2D eigenvalue weighted by Gasteiger charge is 2.16. The first-order valence-electron chi connectivity index (χ1n) is 5.23. The molecule has 0 aliphatic carbocycles.